The Bertz CT molecular complexity index is 1150. The smallest absolute Gasteiger partial charge is 0.273 e. The summed E-state index contributed by atoms with van der Waals surface area (Å²) >= 11 is 0. The third kappa shape index (κ3) is 4.31. The van der Waals surface area contributed by atoms with E-state index in [-0.39, 0.29) is 28.6 Å². The molecule has 1 N–H and O–H groups in total. The molecule has 0 fully saturated rings. The molecule has 0 bridgehead atoms. The second-order valence-corrected chi connectivity index (χ2v) is 6.54. The zero-order valence-corrected chi connectivity index (χ0v) is 15.7. The van der Waals surface area contributed by atoms with Gasteiger partial charge in [-0.1, -0.05) is 12.1 Å². The summed E-state index contributed by atoms with van der Waals surface area (Å²) < 4.78 is 92.5. The van der Waals surface area contributed by atoms with E-state index in [4.69, 9.17) is 0 Å². The summed E-state index contributed by atoms with van der Waals surface area (Å²) in [5.41, 5.74) is -2.69. The summed E-state index contributed by atoms with van der Waals surface area (Å²) in [5, 5.41) is 8.79. The molecule has 4 aromatic heterocycles. The Morgan fingerprint density at radius 3 is 2.12 bits per heavy atom. The largest absolute Gasteiger partial charge is 0.435 e. The summed E-state index contributed by atoms with van der Waals surface area (Å²) in [6.45, 7) is 0. The van der Waals surface area contributed by atoms with E-state index in [1.807, 2.05) is 5.10 Å². The molecular weight excluding hydrogens is 445 g/mol. The minimum atomic E-state index is -4.64. The van der Waals surface area contributed by atoms with Crippen LogP contribution in [0.15, 0.2) is 54.7 Å². The van der Waals surface area contributed by atoms with Crippen molar-refractivity contribution in [2.24, 2.45) is 0 Å². The Kier molecular flexibility index (Phi) is 5.18. The molecule has 1 unspecified atom stereocenters. The Hall–Kier alpha value is -3.77. The van der Waals surface area contributed by atoms with Crippen LogP contribution in [0.3, 0.4) is 0 Å². The second-order valence-electron chi connectivity index (χ2n) is 6.54. The lowest BCUT2D eigenvalue weighted by Gasteiger charge is -2.10. The van der Waals surface area contributed by atoms with Gasteiger partial charge < -0.3 is 0 Å². The number of halogens is 7. The molecule has 0 spiro atoms. The van der Waals surface area contributed by atoms with Gasteiger partial charge in [-0.15, -0.1) is 0 Å². The SMILES string of the molecule is FC(c1cccc(-c2cc(C(F)(F)F)[nH]n2)n1)c1cccc(-n2ccc(C(F)(F)F)n2)n1. The fraction of sp³-hybridized carbons (Fsp3) is 0.158. The van der Waals surface area contributed by atoms with E-state index in [1.165, 1.54) is 36.4 Å². The number of hydrogen-bond donors (Lipinski definition) is 1. The summed E-state index contributed by atoms with van der Waals surface area (Å²) in [6, 6.07) is 9.57. The van der Waals surface area contributed by atoms with E-state index in [0.29, 0.717) is 0 Å². The van der Waals surface area contributed by atoms with Crippen molar-refractivity contribution in [3.63, 3.8) is 0 Å². The first kappa shape index (κ1) is 21.5. The van der Waals surface area contributed by atoms with Crippen molar-refractivity contribution in [3.8, 4) is 17.2 Å². The van der Waals surface area contributed by atoms with Gasteiger partial charge in [-0.05, 0) is 36.4 Å². The number of hydrogen-bond acceptors (Lipinski definition) is 4. The van der Waals surface area contributed by atoms with Crippen molar-refractivity contribution < 1.29 is 30.7 Å². The lowest BCUT2D eigenvalue weighted by molar-refractivity contribution is -0.142. The third-order valence-corrected chi connectivity index (χ3v) is 4.31. The van der Waals surface area contributed by atoms with Crippen molar-refractivity contribution in [2.75, 3.05) is 0 Å². The lowest BCUT2D eigenvalue weighted by Crippen LogP contribution is -2.09. The molecule has 0 aromatic carbocycles. The molecule has 6 nitrogen and oxygen atoms in total. The average Bonchev–Trinajstić information content (AvgIpc) is 3.43. The standard InChI is InChI=1S/C19H11F7N6/c20-17(11-4-1-3-10(27-11)13-9-15(30-29-13)19(24,25)26)12-5-2-6-16(28-12)32-8-7-14(31-32)18(21,22)23/h1-9,17H,(H,29,30). The highest BCUT2D eigenvalue weighted by Crippen LogP contribution is 2.31. The van der Waals surface area contributed by atoms with Crippen LogP contribution in [0.4, 0.5) is 30.7 Å². The molecule has 0 saturated heterocycles. The number of nitrogens with zero attached hydrogens (tertiary/aromatic N) is 5. The van der Waals surface area contributed by atoms with Crippen LogP contribution < -0.4 is 0 Å². The van der Waals surface area contributed by atoms with E-state index in [0.717, 1.165) is 23.0 Å². The zero-order chi connectivity index (χ0) is 23.1. The predicted molar refractivity (Wildman–Crippen MR) is 96.1 cm³/mol. The average molecular weight is 456 g/mol. The van der Waals surface area contributed by atoms with Crippen LogP contribution in [-0.2, 0) is 12.4 Å². The topological polar surface area (TPSA) is 72.3 Å². The van der Waals surface area contributed by atoms with Gasteiger partial charge in [-0.2, -0.15) is 36.5 Å². The number of aromatic nitrogens is 6. The maximum atomic E-state index is 15.1. The molecule has 4 rings (SSSR count). The Labute approximate surface area is 174 Å². The van der Waals surface area contributed by atoms with Crippen LogP contribution in [0.2, 0.25) is 0 Å². The molecule has 0 radical (unpaired) electrons. The van der Waals surface area contributed by atoms with Crippen molar-refractivity contribution in [2.45, 2.75) is 18.5 Å². The first-order valence-electron chi connectivity index (χ1n) is 8.86. The van der Waals surface area contributed by atoms with Crippen LogP contribution >= 0.6 is 0 Å². The quantitative estimate of drug-likeness (QED) is 0.431. The highest BCUT2D eigenvalue weighted by Gasteiger charge is 2.34. The summed E-state index contributed by atoms with van der Waals surface area (Å²) in [7, 11) is 0. The molecule has 166 valence electrons. The molecule has 0 saturated carbocycles. The van der Waals surface area contributed by atoms with Gasteiger partial charge in [0.2, 0.25) is 0 Å². The lowest BCUT2D eigenvalue weighted by atomic mass is 10.1. The Morgan fingerprint density at radius 2 is 1.50 bits per heavy atom. The number of pyridine rings is 2. The van der Waals surface area contributed by atoms with Crippen LogP contribution in [0.25, 0.3) is 17.2 Å². The van der Waals surface area contributed by atoms with Gasteiger partial charge >= 0.3 is 12.4 Å². The van der Waals surface area contributed by atoms with Gasteiger partial charge in [0.1, 0.15) is 11.4 Å². The normalized spacial score (nSPS) is 13.3. The van der Waals surface area contributed by atoms with E-state index >= 15 is 4.39 Å². The third-order valence-electron chi connectivity index (χ3n) is 4.31. The predicted octanol–water partition coefficient (Wildman–Crippen LogP) is 5.15. The van der Waals surface area contributed by atoms with E-state index in [2.05, 4.69) is 20.2 Å². The molecule has 0 aliphatic carbocycles. The summed E-state index contributed by atoms with van der Waals surface area (Å²) in [4.78, 5) is 8.02. The minimum absolute atomic E-state index is 0.00468. The number of alkyl halides is 7. The summed E-state index contributed by atoms with van der Waals surface area (Å²) in [6.07, 6.45) is -10.1. The zero-order valence-electron chi connectivity index (χ0n) is 15.7. The molecule has 13 heteroatoms. The number of rotatable bonds is 4. The summed E-state index contributed by atoms with van der Waals surface area (Å²) in [5.74, 6) is -0.0566. The number of aromatic amines is 1. The monoisotopic (exact) mass is 456 g/mol. The molecule has 0 amide bonds. The van der Waals surface area contributed by atoms with Crippen molar-refractivity contribution in [1.29, 1.82) is 0 Å². The molecular formula is C19H11F7N6. The van der Waals surface area contributed by atoms with Gasteiger partial charge in [-0.3, -0.25) is 5.10 Å². The molecule has 0 aliphatic heterocycles. The molecule has 1 atom stereocenters. The van der Waals surface area contributed by atoms with Gasteiger partial charge in [0.15, 0.2) is 17.7 Å². The van der Waals surface area contributed by atoms with E-state index < -0.39 is 29.9 Å². The van der Waals surface area contributed by atoms with Gasteiger partial charge in [-0.25, -0.2) is 19.0 Å². The van der Waals surface area contributed by atoms with Crippen molar-refractivity contribution in [1.82, 2.24) is 29.9 Å². The van der Waals surface area contributed by atoms with Gasteiger partial charge in [0, 0.05) is 6.20 Å². The van der Waals surface area contributed by atoms with Crippen LogP contribution in [-0.4, -0.2) is 29.9 Å². The Morgan fingerprint density at radius 1 is 0.812 bits per heavy atom. The van der Waals surface area contributed by atoms with Crippen LogP contribution in [0, 0.1) is 0 Å². The van der Waals surface area contributed by atoms with Crippen LogP contribution in [0.1, 0.15) is 28.9 Å². The maximum Gasteiger partial charge on any atom is 0.435 e. The van der Waals surface area contributed by atoms with E-state index in [1.54, 1.807) is 0 Å². The van der Waals surface area contributed by atoms with Gasteiger partial charge in [0.05, 0.1) is 17.1 Å². The number of H-pyrrole nitrogens is 1. The first-order valence-corrected chi connectivity index (χ1v) is 8.86. The van der Waals surface area contributed by atoms with Crippen molar-refractivity contribution >= 4 is 0 Å². The van der Waals surface area contributed by atoms with Crippen molar-refractivity contribution in [3.05, 3.63) is 77.5 Å². The fourth-order valence-corrected chi connectivity index (χ4v) is 2.80. The maximum absolute atomic E-state index is 15.1. The second kappa shape index (κ2) is 7.73. The number of nitrogens with one attached hydrogen (secondary N) is 1. The molecule has 32 heavy (non-hydrogen) atoms. The Balaban J connectivity index is 1.62. The highest BCUT2D eigenvalue weighted by atomic mass is 19.4. The molecule has 4 aromatic rings. The van der Waals surface area contributed by atoms with E-state index in [9.17, 15) is 26.3 Å². The van der Waals surface area contributed by atoms with Gasteiger partial charge in [0.25, 0.3) is 0 Å². The minimum Gasteiger partial charge on any atom is -0.273 e. The molecule has 0 aliphatic rings. The highest BCUT2D eigenvalue weighted by molar-refractivity contribution is 5.55. The molecule has 4 heterocycles. The fourth-order valence-electron chi connectivity index (χ4n) is 2.80. The van der Waals surface area contributed by atoms with Crippen LogP contribution in [0.5, 0.6) is 0 Å². The first-order chi connectivity index (χ1) is 15.0.